The topological polar surface area (TPSA) is 108 Å². The summed E-state index contributed by atoms with van der Waals surface area (Å²) in [6.45, 7) is 0.253. The minimum atomic E-state index is -0.405. The summed E-state index contributed by atoms with van der Waals surface area (Å²) in [6, 6.07) is 1.16. The van der Waals surface area contributed by atoms with Crippen LogP contribution in [0.4, 0.5) is 4.79 Å². The van der Waals surface area contributed by atoms with Gasteiger partial charge in [-0.2, -0.15) is 11.3 Å². The van der Waals surface area contributed by atoms with Crippen molar-refractivity contribution in [3.05, 3.63) is 22.4 Å². The Kier molecular flexibility index (Phi) is 5.32. The molecule has 1 aromatic rings. The monoisotopic (exact) mass is 364 g/mol. The van der Waals surface area contributed by atoms with Crippen LogP contribution in [0.15, 0.2) is 16.8 Å². The maximum atomic E-state index is 12.2. The van der Waals surface area contributed by atoms with Gasteiger partial charge in [-0.15, -0.1) is 0 Å². The van der Waals surface area contributed by atoms with Gasteiger partial charge in [0.15, 0.2) is 0 Å². The Labute approximate surface area is 148 Å². The molecule has 0 bridgehead atoms. The van der Waals surface area contributed by atoms with Gasteiger partial charge in [0, 0.05) is 19.4 Å². The zero-order valence-corrected chi connectivity index (χ0v) is 14.4. The molecule has 25 heavy (non-hydrogen) atoms. The molecule has 2 aliphatic rings. The van der Waals surface area contributed by atoms with Crippen molar-refractivity contribution < 1.29 is 19.2 Å². The highest BCUT2D eigenvalue weighted by atomic mass is 32.1. The third kappa shape index (κ3) is 4.16. The van der Waals surface area contributed by atoms with Gasteiger partial charge in [0.05, 0.1) is 18.6 Å². The first-order valence-electron chi connectivity index (χ1n) is 8.23. The molecule has 0 radical (unpaired) electrons. The first-order chi connectivity index (χ1) is 12.0. The predicted octanol–water partition coefficient (Wildman–Crippen LogP) is 0.516. The molecule has 2 aliphatic heterocycles. The van der Waals surface area contributed by atoms with Crippen molar-refractivity contribution in [2.45, 2.75) is 37.8 Å². The highest BCUT2D eigenvalue weighted by molar-refractivity contribution is 7.08. The van der Waals surface area contributed by atoms with Crippen LogP contribution in [0.1, 0.15) is 37.3 Å². The molecule has 134 valence electrons. The maximum Gasteiger partial charge on any atom is 0.324 e. The fourth-order valence-corrected chi connectivity index (χ4v) is 3.78. The summed E-state index contributed by atoms with van der Waals surface area (Å²) < 4.78 is 0. The molecule has 3 heterocycles. The van der Waals surface area contributed by atoms with E-state index < -0.39 is 6.03 Å². The number of rotatable bonds is 6. The fraction of sp³-hybridized carbons (Fsp3) is 0.500. The van der Waals surface area contributed by atoms with Crippen molar-refractivity contribution >= 4 is 35.1 Å². The number of carbonyl (C=O) groups is 4. The SMILES string of the molecule is O=C(CCCN1C(=O)CNC1=O)N[C@@H]1CCC(=O)N[C@H]1c1ccsc1. The molecule has 2 fully saturated rings. The molecular formula is C16H20N4O4S. The van der Waals surface area contributed by atoms with Gasteiger partial charge < -0.3 is 16.0 Å². The quantitative estimate of drug-likeness (QED) is 0.640. The van der Waals surface area contributed by atoms with E-state index in [-0.39, 0.29) is 49.3 Å². The number of piperidine rings is 1. The molecule has 1 aromatic heterocycles. The van der Waals surface area contributed by atoms with Gasteiger partial charge in [-0.05, 0) is 35.2 Å². The Hall–Kier alpha value is -2.42. The van der Waals surface area contributed by atoms with E-state index in [0.29, 0.717) is 19.3 Å². The first kappa shape index (κ1) is 17.4. The second kappa shape index (κ2) is 7.64. The lowest BCUT2D eigenvalue weighted by atomic mass is 9.93. The summed E-state index contributed by atoms with van der Waals surface area (Å²) in [5.74, 6) is -0.424. The van der Waals surface area contributed by atoms with Gasteiger partial charge in [0.25, 0.3) is 0 Å². The van der Waals surface area contributed by atoms with Crippen molar-refractivity contribution in [1.29, 1.82) is 0 Å². The van der Waals surface area contributed by atoms with E-state index >= 15 is 0 Å². The Balaban J connectivity index is 1.50. The average molecular weight is 364 g/mol. The molecule has 0 spiro atoms. The Morgan fingerprint density at radius 2 is 2.20 bits per heavy atom. The van der Waals surface area contributed by atoms with Gasteiger partial charge in [-0.25, -0.2) is 4.79 Å². The molecule has 9 heteroatoms. The summed E-state index contributed by atoms with van der Waals surface area (Å²) >= 11 is 1.54. The van der Waals surface area contributed by atoms with Crippen LogP contribution in [0.3, 0.4) is 0 Å². The molecule has 2 atom stereocenters. The molecule has 5 amide bonds. The minimum Gasteiger partial charge on any atom is -0.351 e. The van der Waals surface area contributed by atoms with Gasteiger partial charge in [-0.3, -0.25) is 19.3 Å². The Bertz CT molecular complexity index is 660. The molecule has 0 aromatic carbocycles. The number of urea groups is 1. The molecule has 0 aliphatic carbocycles. The van der Waals surface area contributed by atoms with Gasteiger partial charge in [-0.1, -0.05) is 0 Å². The van der Waals surface area contributed by atoms with E-state index in [0.717, 1.165) is 10.5 Å². The summed E-state index contributed by atoms with van der Waals surface area (Å²) in [4.78, 5) is 48.0. The lowest BCUT2D eigenvalue weighted by molar-refractivity contribution is -0.127. The van der Waals surface area contributed by atoms with Crippen LogP contribution < -0.4 is 16.0 Å². The lowest BCUT2D eigenvalue weighted by Gasteiger charge is -2.32. The van der Waals surface area contributed by atoms with Gasteiger partial charge >= 0.3 is 6.03 Å². The maximum absolute atomic E-state index is 12.2. The van der Waals surface area contributed by atoms with E-state index in [1.165, 1.54) is 0 Å². The van der Waals surface area contributed by atoms with Crippen molar-refractivity contribution in [2.24, 2.45) is 0 Å². The van der Waals surface area contributed by atoms with Crippen molar-refractivity contribution in [1.82, 2.24) is 20.9 Å². The van der Waals surface area contributed by atoms with Crippen LogP contribution >= 0.6 is 11.3 Å². The molecule has 0 unspecified atom stereocenters. The molecule has 0 saturated carbocycles. The largest absolute Gasteiger partial charge is 0.351 e. The first-order valence-corrected chi connectivity index (χ1v) is 9.18. The molecule has 3 rings (SSSR count). The van der Waals surface area contributed by atoms with E-state index in [2.05, 4.69) is 16.0 Å². The number of hydrogen-bond donors (Lipinski definition) is 3. The van der Waals surface area contributed by atoms with Crippen LogP contribution in [0.2, 0.25) is 0 Å². The summed E-state index contributed by atoms with van der Waals surface area (Å²) in [5, 5.41) is 12.3. The Morgan fingerprint density at radius 3 is 2.88 bits per heavy atom. The molecule has 8 nitrogen and oxygen atoms in total. The lowest BCUT2D eigenvalue weighted by Crippen LogP contribution is -2.50. The zero-order chi connectivity index (χ0) is 17.8. The highest BCUT2D eigenvalue weighted by Crippen LogP contribution is 2.26. The van der Waals surface area contributed by atoms with Crippen LogP contribution in [-0.4, -0.2) is 47.8 Å². The second-order valence-electron chi connectivity index (χ2n) is 6.12. The number of hydrogen-bond acceptors (Lipinski definition) is 5. The highest BCUT2D eigenvalue weighted by Gasteiger charge is 2.31. The average Bonchev–Trinajstić information content (AvgIpc) is 3.22. The zero-order valence-electron chi connectivity index (χ0n) is 13.6. The van der Waals surface area contributed by atoms with Crippen molar-refractivity contribution in [3.63, 3.8) is 0 Å². The summed E-state index contributed by atoms with van der Waals surface area (Å²) in [6.07, 6.45) is 1.60. The van der Waals surface area contributed by atoms with Crippen LogP contribution in [0.25, 0.3) is 0 Å². The number of carbonyl (C=O) groups excluding carboxylic acids is 4. The number of thiophene rings is 1. The Morgan fingerprint density at radius 1 is 1.36 bits per heavy atom. The van der Waals surface area contributed by atoms with Gasteiger partial charge in [0.1, 0.15) is 0 Å². The minimum absolute atomic E-state index is 0.0137. The summed E-state index contributed by atoms with van der Waals surface area (Å²) in [5.41, 5.74) is 0.989. The molecule has 2 saturated heterocycles. The van der Waals surface area contributed by atoms with Crippen LogP contribution in [0.5, 0.6) is 0 Å². The van der Waals surface area contributed by atoms with E-state index in [1.807, 2.05) is 16.8 Å². The smallest absolute Gasteiger partial charge is 0.324 e. The fourth-order valence-electron chi connectivity index (χ4n) is 3.08. The van der Waals surface area contributed by atoms with Crippen molar-refractivity contribution in [3.8, 4) is 0 Å². The third-order valence-corrected chi connectivity index (χ3v) is 5.07. The predicted molar refractivity (Wildman–Crippen MR) is 90.7 cm³/mol. The van der Waals surface area contributed by atoms with Crippen LogP contribution in [0, 0.1) is 0 Å². The van der Waals surface area contributed by atoms with E-state index in [4.69, 9.17) is 0 Å². The molecular weight excluding hydrogens is 344 g/mol. The number of nitrogens with zero attached hydrogens (tertiary/aromatic N) is 1. The summed E-state index contributed by atoms with van der Waals surface area (Å²) in [7, 11) is 0. The number of amides is 5. The molecule has 3 N–H and O–H groups in total. The van der Waals surface area contributed by atoms with Gasteiger partial charge in [0.2, 0.25) is 17.7 Å². The standard InChI is InChI=1S/C16H20N4O4S/c21-12(2-1-6-20-14(23)8-17-16(20)24)18-11-3-4-13(22)19-15(11)10-5-7-25-9-10/h5,7,9,11,15H,1-4,6,8H2,(H,17,24)(H,18,21)(H,19,22)/t11-,15+/m1/s1. The van der Waals surface area contributed by atoms with Crippen molar-refractivity contribution in [2.75, 3.05) is 13.1 Å². The number of imide groups is 1. The third-order valence-electron chi connectivity index (χ3n) is 4.37. The van der Waals surface area contributed by atoms with E-state index in [1.54, 1.807) is 11.3 Å². The normalized spacial score (nSPS) is 23.4. The van der Waals surface area contributed by atoms with Crippen LogP contribution in [-0.2, 0) is 14.4 Å². The number of nitrogens with one attached hydrogen (secondary N) is 3. The van der Waals surface area contributed by atoms with E-state index in [9.17, 15) is 19.2 Å². The second-order valence-corrected chi connectivity index (χ2v) is 6.90.